The van der Waals surface area contributed by atoms with Gasteiger partial charge >= 0.3 is 5.97 Å². The predicted molar refractivity (Wildman–Crippen MR) is 76.0 cm³/mol. The summed E-state index contributed by atoms with van der Waals surface area (Å²) >= 11 is 1.48. The molecular weight excluding hydrogens is 258 g/mol. The molecule has 1 N–H and O–H groups in total. The third kappa shape index (κ3) is 3.15. The lowest BCUT2D eigenvalue weighted by molar-refractivity contribution is 0.0692. The van der Waals surface area contributed by atoms with Crippen LogP contribution in [0.25, 0.3) is 0 Å². The Hall–Kier alpha value is -1.81. The average Bonchev–Trinajstić information content (AvgIpc) is 2.33. The van der Waals surface area contributed by atoms with Gasteiger partial charge in [-0.1, -0.05) is 23.9 Å². The molecule has 0 aliphatic rings. The fourth-order valence-electron chi connectivity index (χ4n) is 1.72. The molecule has 0 saturated carbocycles. The van der Waals surface area contributed by atoms with E-state index in [2.05, 4.69) is 17.1 Å². The molecule has 0 radical (unpaired) electrons. The van der Waals surface area contributed by atoms with E-state index in [-0.39, 0.29) is 5.56 Å². The predicted octanol–water partition coefficient (Wildman–Crippen LogP) is 3.86. The van der Waals surface area contributed by atoms with Crippen LogP contribution in [0.3, 0.4) is 0 Å². The summed E-state index contributed by atoms with van der Waals surface area (Å²) in [7, 11) is 0. The van der Waals surface area contributed by atoms with Gasteiger partial charge in [-0.2, -0.15) is 0 Å². The molecule has 98 valence electrons. The van der Waals surface area contributed by atoms with Crippen molar-refractivity contribution in [2.75, 3.05) is 0 Å². The summed E-state index contributed by atoms with van der Waals surface area (Å²) in [6.07, 6.45) is 1.42. The highest BCUT2D eigenvalue weighted by Gasteiger charge is 2.13. The first-order valence-electron chi connectivity index (χ1n) is 5.92. The Morgan fingerprint density at radius 1 is 1.16 bits per heavy atom. The van der Waals surface area contributed by atoms with Crippen LogP contribution < -0.4 is 0 Å². The quantitative estimate of drug-likeness (QED) is 0.922. The average molecular weight is 273 g/mol. The first kappa shape index (κ1) is 13.6. The highest BCUT2D eigenvalue weighted by atomic mass is 32.2. The van der Waals surface area contributed by atoms with Crippen molar-refractivity contribution in [1.82, 2.24) is 4.98 Å². The number of carboxylic acid groups (broad SMARTS) is 1. The highest BCUT2D eigenvalue weighted by molar-refractivity contribution is 7.99. The molecule has 0 spiro atoms. The summed E-state index contributed by atoms with van der Waals surface area (Å²) in [5, 5.41) is 9.21. The zero-order chi connectivity index (χ0) is 14.0. The molecule has 19 heavy (non-hydrogen) atoms. The van der Waals surface area contributed by atoms with Gasteiger partial charge in [-0.3, -0.25) is 4.98 Å². The van der Waals surface area contributed by atoms with E-state index >= 15 is 0 Å². The molecule has 0 unspecified atom stereocenters. The summed E-state index contributed by atoms with van der Waals surface area (Å²) in [6.45, 7) is 5.91. The van der Waals surface area contributed by atoms with Crippen molar-refractivity contribution in [2.24, 2.45) is 0 Å². The second-order valence-corrected chi connectivity index (χ2v) is 5.58. The van der Waals surface area contributed by atoms with Gasteiger partial charge in [0.05, 0.1) is 5.56 Å². The van der Waals surface area contributed by atoms with Crippen LogP contribution in [0.15, 0.2) is 40.3 Å². The molecule has 0 bridgehead atoms. The van der Waals surface area contributed by atoms with E-state index in [0.29, 0.717) is 0 Å². The second kappa shape index (κ2) is 5.45. The van der Waals surface area contributed by atoms with Gasteiger partial charge in [-0.05, 0) is 44.0 Å². The minimum atomic E-state index is -0.944. The van der Waals surface area contributed by atoms with Gasteiger partial charge in [0.1, 0.15) is 0 Å². The lowest BCUT2D eigenvalue weighted by atomic mass is 10.2. The molecule has 3 nitrogen and oxygen atoms in total. The normalized spacial score (nSPS) is 10.5. The van der Waals surface area contributed by atoms with E-state index < -0.39 is 5.97 Å². The summed E-state index contributed by atoms with van der Waals surface area (Å²) in [5.74, 6) is -0.944. The number of carboxylic acids is 1. The second-order valence-electron chi connectivity index (χ2n) is 4.50. The van der Waals surface area contributed by atoms with Crippen molar-refractivity contribution in [3.8, 4) is 0 Å². The summed E-state index contributed by atoms with van der Waals surface area (Å²) < 4.78 is 0. The van der Waals surface area contributed by atoms with Crippen molar-refractivity contribution in [3.63, 3.8) is 0 Å². The zero-order valence-electron chi connectivity index (χ0n) is 11.1. The van der Waals surface area contributed by atoms with Crippen LogP contribution in [-0.4, -0.2) is 16.1 Å². The number of pyridine rings is 1. The number of rotatable bonds is 3. The smallest absolute Gasteiger partial charge is 0.338 e. The number of nitrogens with zero attached hydrogens (tertiary/aromatic N) is 1. The van der Waals surface area contributed by atoms with Crippen molar-refractivity contribution < 1.29 is 9.90 Å². The maximum absolute atomic E-state index is 11.2. The molecule has 0 fully saturated rings. The fourth-order valence-corrected chi connectivity index (χ4v) is 2.91. The van der Waals surface area contributed by atoms with Crippen LogP contribution in [0.2, 0.25) is 0 Å². The standard InChI is InChI=1S/C15H15NO2S/c1-9-4-5-10(2)13(6-9)19-14-7-11(3)16-8-12(14)15(17)18/h4-8H,1-3H3,(H,17,18). The molecule has 0 amide bonds. The molecular formula is C15H15NO2S. The summed E-state index contributed by atoms with van der Waals surface area (Å²) in [6, 6.07) is 7.98. The van der Waals surface area contributed by atoms with Gasteiger partial charge in [0.25, 0.3) is 0 Å². The first-order chi connectivity index (χ1) is 8.97. The topological polar surface area (TPSA) is 50.2 Å². The SMILES string of the molecule is Cc1ccc(C)c(Sc2cc(C)ncc2C(=O)O)c1. The lowest BCUT2D eigenvalue weighted by Crippen LogP contribution is -2.01. The number of hydrogen-bond acceptors (Lipinski definition) is 3. The number of carbonyl (C=O) groups is 1. The third-order valence-corrected chi connectivity index (χ3v) is 4.01. The Bertz CT molecular complexity index is 638. The van der Waals surface area contributed by atoms with Crippen molar-refractivity contribution in [2.45, 2.75) is 30.6 Å². The van der Waals surface area contributed by atoms with Gasteiger partial charge in [0.15, 0.2) is 0 Å². The third-order valence-electron chi connectivity index (χ3n) is 2.80. The number of hydrogen-bond donors (Lipinski definition) is 1. The summed E-state index contributed by atoms with van der Waals surface area (Å²) in [5.41, 5.74) is 3.37. The van der Waals surface area contributed by atoms with Gasteiger partial charge in [0, 0.05) is 21.7 Å². The van der Waals surface area contributed by atoms with Crippen molar-refractivity contribution >= 4 is 17.7 Å². The highest BCUT2D eigenvalue weighted by Crippen LogP contribution is 2.33. The lowest BCUT2D eigenvalue weighted by Gasteiger charge is -2.09. The number of aromatic carboxylic acids is 1. The van der Waals surface area contributed by atoms with Gasteiger partial charge in [-0.25, -0.2) is 4.79 Å². The van der Waals surface area contributed by atoms with Crippen molar-refractivity contribution in [3.05, 3.63) is 52.8 Å². The van der Waals surface area contributed by atoms with E-state index in [1.807, 2.05) is 32.9 Å². The van der Waals surface area contributed by atoms with Gasteiger partial charge in [0.2, 0.25) is 0 Å². The largest absolute Gasteiger partial charge is 0.478 e. The van der Waals surface area contributed by atoms with E-state index in [1.54, 1.807) is 0 Å². The molecule has 2 aromatic rings. The van der Waals surface area contributed by atoms with Crippen LogP contribution in [0, 0.1) is 20.8 Å². The number of aryl methyl sites for hydroxylation is 3. The first-order valence-corrected chi connectivity index (χ1v) is 6.74. The Morgan fingerprint density at radius 3 is 2.58 bits per heavy atom. The maximum atomic E-state index is 11.2. The van der Waals surface area contributed by atoms with Crippen LogP contribution in [0.4, 0.5) is 0 Å². The Morgan fingerprint density at radius 2 is 1.89 bits per heavy atom. The van der Waals surface area contributed by atoms with Crippen LogP contribution in [-0.2, 0) is 0 Å². The molecule has 1 aromatic carbocycles. The van der Waals surface area contributed by atoms with Gasteiger partial charge in [-0.15, -0.1) is 0 Å². The van der Waals surface area contributed by atoms with E-state index in [1.165, 1.54) is 18.0 Å². The Balaban J connectivity index is 2.45. The molecule has 4 heteroatoms. The number of aromatic nitrogens is 1. The molecule has 1 aromatic heterocycles. The zero-order valence-corrected chi connectivity index (χ0v) is 11.9. The monoisotopic (exact) mass is 273 g/mol. The van der Waals surface area contributed by atoms with Crippen LogP contribution in [0.1, 0.15) is 27.2 Å². The Kier molecular flexibility index (Phi) is 3.90. The molecule has 0 aliphatic heterocycles. The van der Waals surface area contributed by atoms with Gasteiger partial charge < -0.3 is 5.11 Å². The number of benzene rings is 1. The minimum absolute atomic E-state index is 0.247. The molecule has 0 atom stereocenters. The molecule has 0 aliphatic carbocycles. The fraction of sp³-hybridized carbons (Fsp3) is 0.200. The van der Waals surface area contributed by atoms with Crippen molar-refractivity contribution in [1.29, 1.82) is 0 Å². The molecule has 0 saturated heterocycles. The van der Waals surface area contributed by atoms with E-state index in [0.717, 1.165) is 26.6 Å². The maximum Gasteiger partial charge on any atom is 0.338 e. The molecule has 1 heterocycles. The van der Waals surface area contributed by atoms with E-state index in [4.69, 9.17) is 0 Å². The minimum Gasteiger partial charge on any atom is -0.478 e. The van der Waals surface area contributed by atoms with Crippen LogP contribution >= 0.6 is 11.8 Å². The summed E-state index contributed by atoms with van der Waals surface area (Å²) in [4.78, 5) is 17.1. The molecule has 2 rings (SSSR count). The Labute approximate surface area is 116 Å². The van der Waals surface area contributed by atoms with E-state index in [9.17, 15) is 9.90 Å². The van der Waals surface area contributed by atoms with Crippen LogP contribution in [0.5, 0.6) is 0 Å².